The third-order valence-corrected chi connectivity index (χ3v) is 7.16. The van der Waals surface area contributed by atoms with Gasteiger partial charge in [0, 0.05) is 23.1 Å². The third-order valence-electron chi connectivity index (χ3n) is 5.26. The van der Waals surface area contributed by atoms with E-state index in [1.807, 2.05) is 11.8 Å². The molecule has 2 unspecified atom stereocenters. The van der Waals surface area contributed by atoms with E-state index in [9.17, 15) is 9.59 Å². The van der Waals surface area contributed by atoms with Crippen LogP contribution in [0, 0.1) is 0 Å². The normalized spacial score (nSPS) is 28.0. The summed E-state index contributed by atoms with van der Waals surface area (Å²) < 4.78 is 0. The minimum atomic E-state index is -0.270. The number of nitrogens with zero attached hydrogens (tertiary/aromatic N) is 1. The van der Waals surface area contributed by atoms with Crippen molar-refractivity contribution in [1.29, 1.82) is 0 Å². The number of thiol groups is 1. The quantitative estimate of drug-likeness (QED) is 0.556. The Balaban J connectivity index is 1.48. The zero-order valence-electron chi connectivity index (χ0n) is 14.0. The lowest BCUT2D eigenvalue weighted by atomic mass is 10.0. The highest BCUT2D eigenvalue weighted by Gasteiger charge is 2.39. The molecule has 0 aromatic heterocycles. The van der Waals surface area contributed by atoms with E-state index in [0.717, 1.165) is 19.6 Å². The van der Waals surface area contributed by atoms with Crippen LogP contribution in [0.15, 0.2) is 23.1 Å². The summed E-state index contributed by atoms with van der Waals surface area (Å²) in [7, 11) is 0. The predicted octanol–water partition coefficient (Wildman–Crippen LogP) is 2.08. The maximum atomic E-state index is 12.2. The summed E-state index contributed by atoms with van der Waals surface area (Å²) in [5.41, 5.74) is 2.44. The van der Waals surface area contributed by atoms with Crippen molar-refractivity contribution < 1.29 is 9.59 Å². The molecule has 134 valence electrons. The van der Waals surface area contributed by atoms with Crippen molar-refractivity contribution in [2.45, 2.75) is 53.8 Å². The fourth-order valence-corrected chi connectivity index (χ4v) is 5.60. The first-order valence-electron chi connectivity index (χ1n) is 8.89. The largest absolute Gasteiger partial charge is 0.317 e. The molecule has 0 saturated carbocycles. The second-order valence-corrected chi connectivity index (χ2v) is 8.80. The Morgan fingerprint density at radius 2 is 1.96 bits per heavy atom. The van der Waals surface area contributed by atoms with Crippen LogP contribution >= 0.6 is 24.4 Å². The van der Waals surface area contributed by atoms with Gasteiger partial charge in [0.15, 0.2) is 0 Å². The second kappa shape index (κ2) is 7.31. The molecule has 1 aromatic rings. The van der Waals surface area contributed by atoms with E-state index in [2.05, 4.69) is 33.7 Å². The number of amides is 2. The molecule has 2 saturated heterocycles. The molecule has 3 heterocycles. The monoisotopic (exact) mass is 377 g/mol. The number of hydrogen-bond donors (Lipinski definition) is 3. The van der Waals surface area contributed by atoms with Crippen molar-refractivity contribution >= 4 is 36.2 Å². The Kier molecular flexibility index (Phi) is 5.08. The number of hydrogen-bond acceptors (Lipinski definition) is 6. The molecule has 1 aromatic carbocycles. The highest BCUT2D eigenvalue weighted by molar-refractivity contribution is 8.00. The molecule has 2 atom stereocenters. The number of benzene rings is 1. The highest BCUT2D eigenvalue weighted by atomic mass is 32.2. The maximum absolute atomic E-state index is 12.2. The van der Waals surface area contributed by atoms with Gasteiger partial charge in [0.05, 0.1) is 11.4 Å². The van der Waals surface area contributed by atoms with E-state index in [1.54, 1.807) is 0 Å². The summed E-state index contributed by atoms with van der Waals surface area (Å²) in [6.45, 7) is 2.92. The van der Waals surface area contributed by atoms with Crippen molar-refractivity contribution in [3.63, 3.8) is 0 Å². The number of piperidine rings is 2. The Morgan fingerprint density at radius 3 is 2.72 bits per heavy atom. The Labute approximate surface area is 157 Å². The molecule has 5 nitrogen and oxygen atoms in total. The van der Waals surface area contributed by atoms with Crippen LogP contribution in [0.1, 0.15) is 42.2 Å². The van der Waals surface area contributed by atoms with Gasteiger partial charge >= 0.3 is 0 Å². The highest BCUT2D eigenvalue weighted by Crippen LogP contribution is 2.41. The molecular formula is C18H23N3O2S2. The van der Waals surface area contributed by atoms with Crippen LogP contribution in [-0.2, 0) is 16.1 Å². The standard InChI is InChI=1S/C18H23N3O2S2/c22-16-4-3-15(17(23)20-16)21-10-11-9-13(1-2-14(11)18(21)24)25-12-5-7-19-8-6-12/h1-2,9,12,15,18-19,24H,3-8,10H2,(H,20,22,23). The molecule has 25 heavy (non-hydrogen) atoms. The van der Waals surface area contributed by atoms with Gasteiger partial charge in [-0.15, -0.1) is 11.8 Å². The van der Waals surface area contributed by atoms with E-state index in [-0.39, 0.29) is 23.2 Å². The number of thioether (sulfide) groups is 1. The first-order chi connectivity index (χ1) is 12.1. The van der Waals surface area contributed by atoms with Crippen molar-refractivity contribution in [2.24, 2.45) is 0 Å². The van der Waals surface area contributed by atoms with Crippen molar-refractivity contribution in [3.05, 3.63) is 29.3 Å². The predicted molar refractivity (Wildman–Crippen MR) is 102 cm³/mol. The average Bonchev–Trinajstić information content (AvgIpc) is 2.92. The molecule has 2 N–H and O–H groups in total. The first-order valence-corrected chi connectivity index (χ1v) is 10.3. The van der Waals surface area contributed by atoms with E-state index in [1.165, 1.54) is 28.9 Å². The molecule has 0 radical (unpaired) electrons. The number of fused-ring (bicyclic) bond motifs is 1. The van der Waals surface area contributed by atoms with Gasteiger partial charge < -0.3 is 5.32 Å². The minimum Gasteiger partial charge on any atom is -0.317 e. The molecule has 0 aliphatic carbocycles. The van der Waals surface area contributed by atoms with Gasteiger partial charge in [0.1, 0.15) is 0 Å². The van der Waals surface area contributed by atoms with Gasteiger partial charge in [-0.3, -0.25) is 19.8 Å². The van der Waals surface area contributed by atoms with Crippen LogP contribution in [-0.4, -0.2) is 41.1 Å². The number of carbonyl (C=O) groups is 2. The van der Waals surface area contributed by atoms with E-state index < -0.39 is 0 Å². The van der Waals surface area contributed by atoms with Crippen LogP contribution in [0.25, 0.3) is 0 Å². The van der Waals surface area contributed by atoms with Crippen LogP contribution < -0.4 is 10.6 Å². The number of imide groups is 1. The molecular weight excluding hydrogens is 354 g/mol. The van der Waals surface area contributed by atoms with Gasteiger partial charge in [-0.05, 0) is 55.6 Å². The summed E-state index contributed by atoms with van der Waals surface area (Å²) in [5.74, 6) is -0.359. The van der Waals surface area contributed by atoms with E-state index in [4.69, 9.17) is 12.6 Å². The van der Waals surface area contributed by atoms with Gasteiger partial charge in [-0.25, -0.2) is 0 Å². The molecule has 4 rings (SSSR count). The average molecular weight is 378 g/mol. The molecule has 2 amide bonds. The maximum Gasteiger partial charge on any atom is 0.243 e. The fourth-order valence-electron chi connectivity index (χ4n) is 3.89. The number of carbonyl (C=O) groups excluding carboxylic acids is 2. The molecule has 2 fully saturated rings. The number of nitrogens with one attached hydrogen (secondary N) is 2. The summed E-state index contributed by atoms with van der Waals surface area (Å²) in [4.78, 5) is 27.0. The topological polar surface area (TPSA) is 61.4 Å². The molecule has 3 aliphatic rings. The lowest BCUT2D eigenvalue weighted by Gasteiger charge is -2.32. The van der Waals surface area contributed by atoms with E-state index >= 15 is 0 Å². The van der Waals surface area contributed by atoms with Gasteiger partial charge in [0.25, 0.3) is 0 Å². The zero-order valence-corrected chi connectivity index (χ0v) is 15.7. The first kappa shape index (κ1) is 17.4. The summed E-state index contributed by atoms with van der Waals surface area (Å²) in [5, 5.41) is 6.45. The third kappa shape index (κ3) is 3.60. The fraction of sp³-hybridized carbons (Fsp3) is 0.556. The Hall–Kier alpha value is -1.02. The van der Waals surface area contributed by atoms with Gasteiger partial charge in [-0.1, -0.05) is 6.07 Å². The molecule has 0 spiro atoms. The van der Waals surface area contributed by atoms with E-state index in [0.29, 0.717) is 18.1 Å². The van der Waals surface area contributed by atoms with Crippen molar-refractivity contribution in [3.8, 4) is 0 Å². The van der Waals surface area contributed by atoms with Crippen LogP contribution in [0.2, 0.25) is 0 Å². The molecule has 0 bridgehead atoms. The SMILES string of the molecule is O=C1CCC(N2Cc3cc(SC4CCNCC4)ccc3C2S)C(=O)N1. The minimum absolute atomic E-state index is 0.0862. The van der Waals surface area contributed by atoms with Crippen molar-refractivity contribution in [1.82, 2.24) is 15.5 Å². The number of rotatable bonds is 3. The lowest BCUT2D eigenvalue weighted by Crippen LogP contribution is -2.51. The molecule has 7 heteroatoms. The lowest BCUT2D eigenvalue weighted by molar-refractivity contribution is -0.137. The van der Waals surface area contributed by atoms with Crippen LogP contribution in [0.5, 0.6) is 0 Å². The summed E-state index contributed by atoms with van der Waals surface area (Å²) >= 11 is 6.71. The Morgan fingerprint density at radius 1 is 1.16 bits per heavy atom. The van der Waals surface area contributed by atoms with Gasteiger partial charge in [-0.2, -0.15) is 12.6 Å². The zero-order chi connectivity index (χ0) is 17.4. The summed E-state index contributed by atoms with van der Waals surface area (Å²) in [6.07, 6.45) is 3.39. The van der Waals surface area contributed by atoms with Crippen molar-refractivity contribution in [2.75, 3.05) is 13.1 Å². The smallest absolute Gasteiger partial charge is 0.243 e. The second-order valence-electron chi connectivity index (χ2n) is 6.94. The van der Waals surface area contributed by atoms with Gasteiger partial charge in [0.2, 0.25) is 11.8 Å². The Bertz CT molecular complexity index is 691. The van der Waals surface area contributed by atoms with Crippen LogP contribution in [0.4, 0.5) is 0 Å². The summed E-state index contributed by atoms with van der Waals surface area (Å²) in [6, 6.07) is 6.33. The van der Waals surface area contributed by atoms with Crippen LogP contribution in [0.3, 0.4) is 0 Å². The molecule has 3 aliphatic heterocycles.